The summed E-state index contributed by atoms with van der Waals surface area (Å²) in [6.45, 7) is 0.881. The topological polar surface area (TPSA) is 126 Å². The number of phenols is 1. The number of hydrogen-bond donors (Lipinski definition) is 3. The predicted octanol–water partition coefficient (Wildman–Crippen LogP) is 3.21. The number of aromatic nitrogens is 1. The standard InChI is InChI=1S/C24H22FN4O4.ClH/c25-20-19(18(30)13-16-3-1-10-27-21(16)20)22(31)14-5-7-15(8-6-14)23(32)28-17-4-2-11-29(12-9-17)24(26)33;/h1,3,5-10,13,17,30H,2,4,11-12H2,(H2,26,33)(H,28,32);1H/t17-;/m0./s1. The minimum absolute atomic E-state index is 0. The summed E-state index contributed by atoms with van der Waals surface area (Å²) in [5.41, 5.74) is 5.27. The van der Waals surface area contributed by atoms with Crippen molar-refractivity contribution in [3.63, 3.8) is 0 Å². The zero-order valence-electron chi connectivity index (χ0n) is 18.0. The fourth-order valence-corrected chi connectivity index (χ4v) is 3.85. The van der Waals surface area contributed by atoms with Crippen LogP contribution in [0.3, 0.4) is 0 Å². The second kappa shape index (κ2) is 10.5. The number of nitrogens with two attached hydrogens (primary N) is 1. The molecule has 1 radical (unpaired) electrons. The van der Waals surface area contributed by atoms with Gasteiger partial charge in [-0.15, -0.1) is 12.4 Å². The molecule has 0 bridgehead atoms. The van der Waals surface area contributed by atoms with Crippen LogP contribution in [0.5, 0.6) is 5.75 Å². The lowest BCUT2D eigenvalue weighted by molar-refractivity contribution is 0.0939. The van der Waals surface area contributed by atoms with E-state index in [-0.39, 0.29) is 35.4 Å². The molecule has 0 aliphatic carbocycles. The van der Waals surface area contributed by atoms with Gasteiger partial charge in [0.1, 0.15) is 16.8 Å². The molecule has 3 amide bonds. The van der Waals surface area contributed by atoms with E-state index in [0.29, 0.717) is 36.9 Å². The number of pyridine rings is 1. The summed E-state index contributed by atoms with van der Waals surface area (Å²) in [5, 5.41) is 13.5. The van der Waals surface area contributed by atoms with E-state index in [0.717, 1.165) is 0 Å². The van der Waals surface area contributed by atoms with Crippen molar-refractivity contribution in [1.82, 2.24) is 15.2 Å². The maximum Gasteiger partial charge on any atom is 0.314 e. The Balaban J connectivity index is 0.00000324. The molecular formula is C24H23ClFN4O4. The molecule has 0 spiro atoms. The summed E-state index contributed by atoms with van der Waals surface area (Å²) < 4.78 is 14.9. The first kappa shape index (κ1) is 24.9. The summed E-state index contributed by atoms with van der Waals surface area (Å²) in [7, 11) is 0. The number of phenolic OH excluding ortho intramolecular Hbond substituents is 1. The highest BCUT2D eigenvalue weighted by molar-refractivity contribution is 6.13. The normalized spacial score (nSPS) is 15.8. The van der Waals surface area contributed by atoms with Gasteiger partial charge in [-0.2, -0.15) is 0 Å². The number of fused-ring (bicyclic) bond motifs is 1. The van der Waals surface area contributed by atoms with Gasteiger partial charge in [-0.3, -0.25) is 14.6 Å². The maximum atomic E-state index is 14.9. The van der Waals surface area contributed by atoms with E-state index in [1.54, 1.807) is 12.1 Å². The highest BCUT2D eigenvalue weighted by Crippen LogP contribution is 2.30. The van der Waals surface area contributed by atoms with Gasteiger partial charge in [0.2, 0.25) is 0 Å². The Bertz CT molecular complexity index is 1240. The largest absolute Gasteiger partial charge is 0.507 e. The molecule has 177 valence electrons. The van der Waals surface area contributed by atoms with Crippen LogP contribution in [0.15, 0.2) is 48.7 Å². The van der Waals surface area contributed by atoms with Crippen LogP contribution >= 0.6 is 12.4 Å². The number of carbonyl (C=O) groups excluding carboxylic acids is 3. The van der Waals surface area contributed by atoms with Crippen molar-refractivity contribution in [2.45, 2.75) is 18.9 Å². The fourth-order valence-electron chi connectivity index (χ4n) is 3.85. The lowest BCUT2D eigenvalue weighted by atomic mass is 9.98. The first-order valence-electron chi connectivity index (χ1n) is 10.4. The molecule has 1 aliphatic heterocycles. The number of ketones is 1. The smallest absolute Gasteiger partial charge is 0.314 e. The number of nitrogens with one attached hydrogen (secondary N) is 1. The van der Waals surface area contributed by atoms with Gasteiger partial charge in [0.15, 0.2) is 11.6 Å². The molecule has 34 heavy (non-hydrogen) atoms. The van der Waals surface area contributed by atoms with Gasteiger partial charge in [0.05, 0.1) is 0 Å². The van der Waals surface area contributed by atoms with Crippen molar-refractivity contribution in [1.29, 1.82) is 0 Å². The van der Waals surface area contributed by atoms with Crippen molar-refractivity contribution in [3.05, 3.63) is 77.6 Å². The molecular weight excluding hydrogens is 463 g/mol. The Morgan fingerprint density at radius 2 is 1.85 bits per heavy atom. The van der Waals surface area contributed by atoms with Crippen LogP contribution < -0.4 is 11.1 Å². The lowest BCUT2D eigenvalue weighted by Crippen LogP contribution is -2.39. The summed E-state index contributed by atoms with van der Waals surface area (Å²) in [6, 6.07) is 9.50. The number of rotatable bonds is 4. The zero-order valence-corrected chi connectivity index (χ0v) is 18.8. The van der Waals surface area contributed by atoms with Gasteiger partial charge in [-0.1, -0.05) is 18.2 Å². The highest BCUT2D eigenvalue weighted by Gasteiger charge is 2.23. The molecule has 0 saturated carbocycles. The first-order chi connectivity index (χ1) is 15.8. The summed E-state index contributed by atoms with van der Waals surface area (Å²) in [4.78, 5) is 42.3. The Labute approximate surface area is 201 Å². The van der Waals surface area contributed by atoms with E-state index in [4.69, 9.17) is 5.73 Å². The second-order valence-corrected chi connectivity index (χ2v) is 7.81. The summed E-state index contributed by atoms with van der Waals surface area (Å²) in [5.74, 6) is -2.43. The molecule has 10 heteroatoms. The number of likely N-dealkylation sites (tertiary alicyclic amines) is 1. The number of urea groups is 1. The average molecular weight is 486 g/mol. The molecule has 4 rings (SSSR count). The third-order valence-electron chi connectivity index (χ3n) is 5.63. The Kier molecular flexibility index (Phi) is 7.68. The summed E-state index contributed by atoms with van der Waals surface area (Å²) in [6.07, 6.45) is 4.60. The Hall–Kier alpha value is -3.72. The van der Waals surface area contributed by atoms with E-state index in [2.05, 4.69) is 10.3 Å². The molecule has 2 aromatic carbocycles. The number of nitrogens with zero attached hydrogens (tertiary/aromatic N) is 2. The SMILES string of the molecule is Cl.NC(=O)N1C[CH][C@@H](NC(=O)c2ccc(C(=O)c3c(O)cc4cccnc4c3F)cc2)CCC1. The number of hydrogen-bond acceptors (Lipinski definition) is 5. The molecule has 1 aliphatic rings. The number of amides is 3. The van der Waals surface area contributed by atoms with Crippen LogP contribution in [0.2, 0.25) is 0 Å². The maximum absolute atomic E-state index is 14.9. The van der Waals surface area contributed by atoms with Crippen LogP contribution in [0.4, 0.5) is 9.18 Å². The van der Waals surface area contributed by atoms with Gasteiger partial charge < -0.3 is 21.1 Å². The third kappa shape index (κ3) is 5.09. The number of halogens is 2. The van der Waals surface area contributed by atoms with Crippen LogP contribution in [0, 0.1) is 12.2 Å². The molecule has 2 heterocycles. The Morgan fingerprint density at radius 3 is 2.56 bits per heavy atom. The zero-order chi connectivity index (χ0) is 23.5. The molecule has 1 fully saturated rings. The highest BCUT2D eigenvalue weighted by atomic mass is 35.5. The molecule has 1 saturated heterocycles. The van der Waals surface area contributed by atoms with E-state index in [1.165, 1.54) is 41.4 Å². The van der Waals surface area contributed by atoms with Crippen molar-refractivity contribution >= 4 is 41.0 Å². The Morgan fingerprint density at radius 1 is 1.15 bits per heavy atom. The monoisotopic (exact) mass is 485 g/mol. The van der Waals surface area contributed by atoms with Crippen molar-refractivity contribution in [3.8, 4) is 5.75 Å². The number of primary amides is 1. The average Bonchev–Trinajstić information content (AvgIpc) is 3.05. The van der Waals surface area contributed by atoms with E-state index in [9.17, 15) is 23.9 Å². The van der Waals surface area contributed by atoms with Crippen LogP contribution in [-0.4, -0.2) is 51.8 Å². The quantitative estimate of drug-likeness (QED) is 0.489. The van der Waals surface area contributed by atoms with Crippen molar-refractivity contribution in [2.24, 2.45) is 5.73 Å². The minimum atomic E-state index is -0.897. The fraction of sp³-hybridized carbons (Fsp3) is 0.208. The number of aromatic hydroxyl groups is 1. The van der Waals surface area contributed by atoms with Crippen LogP contribution in [0.1, 0.15) is 39.1 Å². The molecule has 4 N–H and O–H groups in total. The van der Waals surface area contributed by atoms with Gasteiger partial charge >= 0.3 is 6.03 Å². The lowest BCUT2D eigenvalue weighted by Gasteiger charge is -2.18. The van der Waals surface area contributed by atoms with Gasteiger partial charge in [0, 0.05) is 48.3 Å². The molecule has 8 nitrogen and oxygen atoms in total. The van der Waals surface area contributed by atoms with E-state index >= 15 is 0 Å². The minimum Gasteiger partial charge on any atom is -0.507 e. The number of carbonyl (C=O) groups is 3. The third-order valence-corrected chi connectivity index (χ3v) is 5.63. The molecule has 0 unspecified atom stereocenters. The van der Waals surface area contributed by atoms with E-state index in [1.807, 2.05) is 6.42 Å². The molecule has 3 aromatic rings. The van der Waals surface area contributed by atoms with Gasteiger partial charge in [-0.25, -0.2) is 9.18 Å². The van der Waals surface area contributed by atoms with Gasteiger partial charge in [0.25, 0.3) is 5.91 Å². The number of benzene rings is 2. The van der Waals surface area contributed by atoms with Crippen molar-refractivity contribution in [2.75, 3.05) is 13.1 Å². The van der Waals surface area contributed by atoms with E-state index < -0.39 is 28.9 Å². The van der Waals surface area contributed by atoms with Crippen LogP contribution in [0.25, 0.3) is 10.9 Å². The first-order valence-corrected chi connectivity index (χ1v) is 10.4. The molecule has 1 aromatic heterocycles. The molecule has 1 atom stereocenters. The van der Waals surface area contributed by atoms with Crippen LogP contribution in [-0.2, 0) is 0 Å². The summed E-state index contributed by atoms with van der Waals surface area (Å²) >= 11 is 0. The predicted molar refractivity (Wildman–Crippen MR) is 126 cm³/mol. The second-order valence-electron chi connectivity index (χ2n) is 7.81. The van der Waals surface area contributed by atoms with Gasteiger partial charge in [-0.05, 0) is 37.1 Å². The van der Waals surface area contributed by atoms with Crippen molar-refractivity contribution < 1.29 is 23.9 Å².